The topological polar surface area (TPSA) is 64.0 Å². The highest BCUT2D eigenvalue weighted by Crippen LogP contribution is 2.07. The number of aromatic nitrogens is 2. The third-order valence-corrected chi connectivity index (χ3v) is 3.42. The van der Waals surface area contributed by atoms with E-state index in [1.54, 1.807) is 6.20 Å². The van der Waals surface area contributed by atoms with Gasteiger partial charge in [-0.3, -0.25) is 0 Å². The van der Waals surface area contributed by atoms with Crippen LogP contribution >= 0.6 is 0 Å². The van der Waals surface area contributed by atoms with E-state index >= 15 is 0 Å². The molecular formula is C10H19N3O2S. The summed E-state index contributed by atoms with van der Waals surface area (Å²) in [6.45, 7) is 2.70. The van der Waals surface area contributed by atoms with E-state index in [1.165, 1.54) is 6.26 Å². The highest BCUT2D eigenvalue weighted by Gasteiger charge is 2.09. The van der Waals surface area contributed by atoms with Crippen molar-refractivity contribution in [2.75, 3.05) is 18.6 Å². The predicted molar refractivity (Wildman–Crippen MR) is 64.0 cm³/mol. The summed E-state index contributed by atoms with van der Waals surface area (Å²) in [4.78, 5) is 4.23. The quantitative estimate of drug-likeness (QED) is 0.742. The van der Waals surface area contributed by atoms with Crippen molar-refractivity contribution in [2.45, 2.75) is 19.4 Å². The lowest BCUT2D eigenvalue weighted by Gasteiger charge is -2.13. The van der Waals surface area contributed by atoms with Gasteiger partial charge in [0.05, 0.1) is 11.8 Å². The molecule has 0 fully saturated rings. The van der Waals surface area contributed by atoms with Gasteiger partial charge in [-0.1, -0.05) is 0 Å². The molecule has 0 radical (unpaired) electrons. The molecule has 0 saturated heterocycles. The molecule has 0 amide bonds. The number of nitrogens with one attached hydrogen (secondary N) is 1. The summed E-state index contributed by atoms with van der Waals surface area (Å²) in [5, 5.41) is 3.25. The van der Waals surface area contributed by atoms with Gasteiger partial charge in [-0.25, -0.2) is 13.4 Å². The first-order valence-electron chi connectivity index (χ1n) is 5.28. The molecule has 1 aromatic rings. The summed E-state index contributed by atoms with van der Waals surface area (Å²) in [6, 6.07) is 0.138. The van der Waals surface area contributed by atoms with Crippen molar-refractivity contribution in [3.8, 4) is 0 Å². The van der Waals surface area contributed by atoms with Gasteiger partial charge in [-0.05, 0) is 19.9 Å². The first-order valence-corrected chi connectivity index (χ1v) is 7.34. The van der Waals surface area contributed by atoms with E-state index in [0.29, 0.717) is 13.0 Å². The summed E-state index contributed by atoms with van der Waals surface area (Å²) in [6.07, 6.45) is 5.54. The van der Waals surface area contributed by atoms with Crippen molar-refractivity contribution in [3.63, 3.8) is 0 Å². The Labute approximate surface area is 96.8 Å². The molecule has 92 valence electrons. The second-order valence-corrected chi connectivity index (χ2v) is 6.32. The maximum absolute atomic E-state index is 10.9. The molecule has 0 spiro atoms. The zero-order valence-corrected chi connectivity index (χ0v) is 10.8. The molecule has 0 aliphatic heterocycles. The largest absolute Gasteiger partial charge is 0.337 e. The van der Waals surface area contributed by atoms with Gasteiger partial charge in [0.25, 0.3) is 0 Å². The van der Waals surface area contributed by atoms with Crippen molar-refractivity contribution >= 4 is 9.84 Å². The van der Waals surface area contributed by atoms with Gasteiger partial charge >= 0.3 is 0 Å². The minimum Gasteiger partial charge on any atom is -0.337 e. The van der Waals surface area contributed by atoms with Crippen LogP contribution in [0.2, 0.25) is 0 Å². The molecule has 0 saturated carbocycles. The average molecular weight is 245 g/mol. The van der Waals surface area contributed by atoms with Crippen molar-refractivity contribution in [1.29, 1.82) is 0 Å². The number of aryl methyl sites for hydroxylation is 1. The van der Waals surface area contributed by atoms with E-state index in [4.69, 9.17) is 0 Å². The molecule has 5 nitrogen and oxygen atoms in total. The molecule has 1 aromatic heterocycles. The number of imidazole rings is 1. The molecule has 1 heterocycles. The van der Waals surface area contributed by atoms with Crippen molar-refractivity contribution in [1.82, 2.24) is 14.9 Å². The van der Waals surface area contributed by atoms with Crippen molar-refractivity contribution in [3.05, 3.63) is 18.2 Å². The number of hydrogen-bond acceptors (Lipinski definition) is 4. The van der Waals surface area contributed by atoms with Crippen LogP contribution in [-0.2, 0) is 16.9 Å². The number of nitrogens with zero attached hydrogens (tertiary/aromatic N) is 2. The number of sulfone groups is 1. The normalized spacial score (nSPS) is 13.9. The van der Waals surface area contributed by atoms with Crippen LogP contribution in [0.5, 0.6) is 0 Å². The van der Waals surface area contributed by atoms with Gasteiger partial charge < -0.3 is 9.88 Å². The minimum atomic E-state index is -2.84. The molecule has 0 bridgehead atoms. The summed E-state index contributed by atoms with van der Waals surface area (Å²) in [5.74, 6) is 1.19. The Morgan fingerprint density at radius 3 is 2.75 bits per heavy atom. The van der Waals surface area contributed by atoms with Crippen molar-refractivity contribution in [2.24, 2.45) is 7.05 Å². The lowest BCUT2D eigenvalue weighted by molar-refractivity contribution is 0.526. The van der Waals surface area contributed by atoms with E-state index in [9.17, 15) is 8.42 Å². The Hall–Kier alpha value is -0.880. The molecule has 1 rings (SSSR count). The van der Waals surface area contributed by atoms with E-state index < -0.39 is 9.84 Å². The van der Waals surface area contributed by atoms with Crippen LogP contribution in [0.15, 0.2) is 12.4 Å². The zero-order valence-electron chi connectivity index (χ0n) is 9.97. The Morgan fingerprint density at radius 1 is 1.56 bits per heavy atom. The second-order valence-electron chi connectivity index (χ2n) is 4.06. The first-order chi connectivity index (χ1) is 7.40. The van der Waals surface area contributed by atoms with Gasteiger partial charge in [0.2, 0.25) is 0 Å². The molecule has 1 unspecified atom stereocenters. The SMILES string of the molecule is CC(NCCCS(C)(=O)=O)c1nccn1C. The van der Waals surface area contributed by atoms with Crippen LogP contribution in [0, 0.1) is 0 Å². The second kappa shape index (κ2) is 5.45. The molecule has 1 N–H and O–H groups in total. The molecule has 0 aliphatic carbocycles. The van der Waals surface area contributed by atoms with E-state index in [0.717, 1.165) is 5.82 Å². The summed E-state index contributed by atoms with van der Waals surface area (Å²) < 4.78 is 23.8. The predicted octanol–water partition coefficient (Wildman–Crippen LogP) is 0.505. The minimum absolute atomic E-state index is 0.138. The van der Waals surface area contributed by atoms with Crippen LogP contribution in [0.3, 0.4) is 0 Å². The fourth-order valence-corrected chi connectivity index (χ4v) is 2.21. The summed E-state index contributed by atoms with van der Waals surface area (Å²) in [5.41, 5.74) is 0. The molecule has 0 aromatic carbocycles. The Bertz CT molecular complexity index is 425. The maximum Gasteiger partial charge on any atom is 0.147 e. The van der Waals surface area contributed by atoms with Gasteiger partial charge in [0.15, 0.2) is 0 Å². The Balaban J connectivity index is 2.32. The molecule has 6 heteroatoms. The van der Waals surface area contributed by atoms with Crippen LogP contribution in [0.4, 0.5) is 0 Å². The fourth-order valence-electron chi connectivity index (χ4n) is 1.54. The van der Waals surface area contributed by atoms with E-state index in [2.05, 4.69) is 10.3 Å². The maximum atomic E-state index is 10.9. The lowest BCUT2D eigenvalue weighted by atomic mass is 10.3. The molecule has 16 heavy (non-hydrogen) atoms. The van der Waals surface area contributed by atoms with Crippen LogP contribution in [-0.4, -0.2) is 36.5 Å². The third-order valence-electron chi connectivity index (χ3n) is 2.39. The number of hydrogen-bond donors (Lipinski definition) is 1. The Kier molecular flexibility index (Phi) is 4.49. The average Bonchev–Trinajstić information content (AvgIpc) is 2.57. The molecule has 0 aliphatic rings. The van der Waals surface area contributed by atoms with Crippen LogP contribution in [0.1, 0.15) is 25.2 Å². The van der Waals surface area contributed by atoms with E-state index in [1.807, 2.05) is 24.7 Å². The fraction of sp³-hybridized carbons (Fsp3) is 0.700. The van der Waals surface area contributed by atoms with E-state index in [-0.39, 0.29) is 11.8 Å². The molecular weight excluding hydrogens is 226 g/mol. The highest BCUT2D eigenvalue weighted by atomic mass is 32.2. The summed E-state index contributed by atoms with van der Waals surface area (Å²) in [7, 11) is -0.903. The molecule has 1 atom stereocenters. The van der Waals surface area contributed by atoms with Gasteiger partial charge in [0.1, 0.15) is 15.7 Å². The standard InChI is InChI=1S/C10H19N3O2S/c1-9(10-12-6-7-13(10)2)11-5-4-8-16(3,14)15/h6-7,9,11H,4-5,8H2,1-3H3. The van der Waals surface area contributed by atoms with Crippen LogP contribution in [0.25, 0.3) is 0 Å². The van der Waals surface area contributed by atoms with Gasteiger partial charge in [-0.15, -0.1) is 0 Å². The van der Waals surface area contributed by atoms with Gasteiger partial charge in [0, 0.05) is 25.7 Å². The lowest BCUT2D eigenvalue weighted by Crippen LogP contribution is -2.24. The smallest absolute Gasteiger partial charge is 0.147 e. The summed E-state index contributed by atoms with van der Waals surface area (Å²) >= 11 is 0. The van der Waals surface area contributed by atoms with Crippen LogP contribution < -0.4 is 5.32 Å². The monoisotopic (exact) mass is 245 g/mol. The Morgan fingerprint density at radius 2 is 2.25 bits per heavy atom. The van der Waals surface area contributed by atoms with Gasteiger partial charge in [-0.2, -0.15) is 0 Å². The zero-order chi connectivity index (χ0) is 12.2. The first kappa shape index (κ1) is 13.2. The third kappa shape index (κ3) is 4.32. The number of rotatable bonds is 6. The van der Waals surface area contributed by atoms with Crippen molar-refractivity contribution < 1.29 is 8.42 Å². The highest BCUT2D eigenvalue weighted by molar-refractivity contribution is 7.90.